The first kappa shape index (κ1) is 25.3. The Morgan fingerprint density at radius 2 is 0.500 bits per heavy atom. The molecular weight excluding hydrogens is 219 g/mol. The van der Waals surface area contributed by atoms with Crippen LogP contribution in [0.15, 0.2) is 0 Å². The normalized spacial score (nSPS) is 11.2. The van der Waals surface area contributed by atoms with E-state index in [4.69, 9.17) is 15.3 Å². The first-order valence-corrected chi connectivity index (χ1v) is 5.17. The van der Waals surface area contributed by atoms with Gasteiger partial charge in [0, 0.05) is 1.43 Å². The molecule has 0 radical (unpaired) electrons. The van der Waals surface area contributed by atoms with Crippen LogP contribution in [-0.2, 0) is 0 Å². The summed E-state index contributed by atoms with van der Waals surface area (Å²) in [6, 6.07) is 0. The standard InChI is InChI=1S/3C4H10O.Al.H2.3H/c3*1-4(2,3)5;;;;;/h3*5H,1-3H3;;1H;;;. The lowest BCUT2D eigenvalue weighted by Crippen LogP contribution is -2.10. The minimum Gasteiger partial charge on any atom is -0.391 e. The molecule has 0 aliphatic heterocycles. The number of hydrogen-bond acceptors (Lipinski definition) is 3. The van der Waals surface area contributed by atoms with Crippen molar-refractivity contribution in [2.45, 2.75) is 79.1 Å². The van der Waals surface area contributed by atoms with Crippen molar-refractivity contribution in [1.29, 1.82) is 0 Å². The molecule has 0 aliphatic carbocycles. The van der Waals surface area contributed by atoms with Gasteiger partial charge in [0.25, 0.3) is 0 Å². The Labute approximate surface area is 114 Å². The lowest BCUT2D eigenvalue weighted by molar-refractivity contribution is 0.101. The van der Waals surface area contributed by atoms with Crippen LogP contribution in [0.25, 0.3) is 0 Å². The third-order valence-corrected chi connectivity index (χ3v) is 0. The van der Waals surface area contributed by atoms with Crippen molar-refractivity contribution >= 4 is 17.4 Å². The van der Waals surface area contributed by atoms with E-state index in [0.29, 0.717) is 0 Å². The third kappa shape index (κ3) is 15200. The first-order chi connectivity index (χ1) is 6.00. The van der Waals surface area contributed by atoms with E-state index < -0.39 is 16.8 Å². The van der Waals surface area contributed by atoms with Crippen molar-refractivity contribution < 1.29 is 16.7 Å². The van der Waals surface area contributed by atoms with Crippen molar-refractivity contribution in [3.63, 3.8) is 0 Å². The fraction of sp³-hybridized carbons (Fsp3) is 1.00. The zero-order valence-electron chi connectivity index (χ0n) is 11.8. The van der Waals surface area contributed by atoms with E-state index in [9.17, 15) is 0 Å². The van der Waals surface area contributed by atoms with E-state index in [0.717, 1.165) is 0 Å². The summed E-state index contributed by atoms with van der Waals surface area (Å²) in [5.41, 5.74) is -1.50. The molecule has 0 unspecified atom stereocenters. The minimum atomic E-state index is -0.500. The van der Waals surface area contributed by atoms with Crippen molar-refractivity contribution in [3.8, 4) is 0 Å². The minimum absolute atomic E-state index is 0. The van der Waals surface area contributed by atoms with E-state index in [1.807, 2.05) is 0 Å². The Hall–Kier alpha value is 0.412. The van der Waals surface area contributed by atoms with Crippen LogP contribution in [0.4, 0.5) is 0 Å². The van der Waals surface area contributed by atoms with Crippen LogP contribution in [0, 0.1) is 0 Å². The predicted molar refractivity (Wildman–Crippen MR) is 78.0 cm³/mol. The summed E-state index contributed by atoms with van der Waals surface area (Å²) in [6.45, 7) is 15.7. The molecule has 4 heteroatoms. The van der Waals surface area contributed by atoms with Crippen LogP contribution < -0.4 is 0 Å². The maximum absolute atomic E-state index is 8.52. The van der Waals surface area contributed by atoms with Crippen LogP contribution >= 0.6 is 0 Å². The van der Waals surface area contributed by atoms with Crippen molar-refractivity contribution in [3.05, 3.63) is 0 Å². The Bertz CT molecular complexity index is 96.8. The molecule has 16 heavy (non-hydrogen) atoms. The molecule has 0 atom stereocenters. The summed E-state index contributed by atoms with van der Waals surface area (Å²) < 4.78 is 0. The average Bonchev–Trinajstić information content (AvgIpc) is 1.41. The van der Waals surface area contributed by atoms with Gasteiger partial charge in [0.05, 0.1) is 16.8 Å². The molecule has 0 spiro atoms. The van der Waals surface area contributed by atoms with Crippen LogP contribution in [0.1, 0.15) is 63.7 Å². The summed E-state index contributed by atoms with van der Waals surface area (Å²) in [7, 11) is 0. The maximum atomic E-state index is 8.52. The van der Waals surface area contributed by atoms with Crippen molar-refractivity contribution in [1.82, 2.24) is 0 Å². The second-order valence-corrected chi connectivity index (χ2v) is 6.51. The molecular formula is C12H35AlO3. The molecule has 0 bridgehead atoms. The molecule has 104 valence electrons. The monoisotopic (exact) mass is 254 g/mol. The highest BCUT2D eigenvalue weighted by Crippen LogP contribution is 1.94. The fourth-order valence-electron chi connectivity index (χ4n) is 0. The third-order valence-electron chi connectivity index (χ3n) is 0. The molecule has 0 amide bonds. The van der Waals surface area contributed by atoms with Crippen LogP contribution in [0.5, 0.6) is 0 Å². The highest BCUT2D eigenvalue weighted by molar-refractivity contribution is 5.75. The number of hydrogen-bond donors (Lipinski definition) is 3. The van der Waals surface area contributed by atoms with E-state index in [1.54, 1.807) is 62.3 Å². The lowest BCUT2D eigenvalue weighted by atomic mass is 10.2. The molecule has 0 saturated heterocycles. The van der Waals surface area contributed by atoms with Gasteiger partial charge in [-0.3, -0.25) is 0 Å². The van der Waals surface area contributed by atoms with Gasteiger partial charge in [-0.2, -0.15) is 0 Å². The molecule has 0 saturated carbocycles. The Morgan fingerprint density at radius 3 is 0.500 bits per heavy atom. The van der Waals surface area contributed by atoms with Gasteiger partial charge in [-0.15, -0.1) is 0 Å². The Balaban J connectivity index is -0.0000000400. The smallest absolute Gasteiger partial charge is 0.187 e. The van der Waals surface area contributed by atoms with Gasteiger partial charge in [-0.05, 0) is 62.3 Å². The summed E-state index contributed by atoms with van der Waals surface area (Å²) in [5.74, 6) is 0. The second-order valence-electron chi connectivity index (χ2n) is 6.51. The largest absolute Gasteiger partial charge is 0.391 e. The molecule has 0 aromatic heterocycles. The SMILES string of the molecule is CC(C)(C)O.CC(C)(C)O.CC(C)(C)O.[AlH3].[HH]. The molecule has 0 aliphatic rings. The van der Waals surface area contributed by atoms with Crippen molar-refractivity contribution in [2.75, 3.05) is 0 Å². The topological polar surface area (TPSA) is 60.7 Å². The van der Waals surface area contributed by atoms with Gasteiger partial charge in [0.15, 0.2) is 17.4 Å². The molecule has 0 aromatic carbocycles. The first-order valence-electron chi connectivity index (χ1n) is 5.17. The van der Waals surface area contributed by atoms with E-state index in [2.05, 4.69) is 0 Å². The molecule has 0 fully saturated rings. The van der Waals surface area contributed by atoms with Gasteiger partial charge in [-0.1, -0.05) is 0 Å². The molecule has 0 aromatic rings. The van der Waals surface area contributed by atoms with Gasteiger partial charge in [0.2, 0.25) is 0 Å². The van der Waals surface area contributed by atoms with Crippen LogP contribution in [0.2, 0.25) is 0 Å². The highest BCUT2D eigenvalue weighted by atomic mass is 27.0. The molecule has 0 heterocycles. The van der Waals surface area contributed by atoms with Gasteiger partial charge in [-0.25, -0.2) is 0 Å². The summed E-state index contributed by atoms with van der Waals surface area (Å²) >= 11 is 0. The zero-order chi connectivity index (χ0) is 13.5. The van der Waals surface area contributed by atoms with E-state index in [1.165, 1.54) is 0 Å². The quantitative estimate of drug-likeness (QED) is 0.573. The molecule has 0 rings (SSSR count). The van der Waals surface area contributed by atoms with Crippen LogP contribution in [-0.4, -0.2) is 49.5 Å². The summed E-state index contributed by atoms with van der Waals surface area (Å²) in [5, 5.41) is 25.6. The Kier molecular flexibility index (Phi) is 14.9. The van der Waals surface area contributed by atoms with E-state index >= 15 is 0 Å². The molecule has 3 nitrogen and oxygen atoms in total. The maximum Gasteiger partial charge on any atom is 0.187 e. The van der Waals surface area contributed by atoms with Crippen molar-refractivity contribution in [2.24, 2.45) is 0 Å². The van der Waals surface area contributed by atoms with Crippen LogP contribution in [0.3, 0.4) is 0 Å². The van der Waals surface area contributed by atoms with Gasteiger partial charge in [0.1, 0.15) is 0 Å². The number of aliphatic hydroxyl groups is 3. The summed E-state index contributed by atoms with van der Waals surface area (Å²) in [6.07, 6.45) is 0. The second kappa shape index (κ2) is 9.44. The van der Waals surface area contributed by atoms with Gasteiger partial charge < -0.3 is 15.3 Å². The fourth-order valence-corrected chi connectivity index (χ4v) is 0. The zero-order valence-corrected chi connectivity index (χ0v) is 11.8. The molecule has 3 N–H and O–H groups in total. The highest BCUT2D eigenvalue weighted by Gasteiger charge is 1.98. The average molecular weight is 254 g/mol. The number of rotatable bonds is 0. The van der Waals surface area contributed by atoms with Gasteiger partial charge >= 0.3 is 0 Å². The van der Waals surface area contributed by atoms with E-state index in [-0.39, 0.29) is 18.8 Å². The Morgan fingerprint density at radius 1 is 0.500 bits per heavy atom. The lowest BCUT2D eigenvalue weighted by Gasteiger charge is -2.04. The predicted octanol–water partition coefficient (Wildman–Crippen LogP) is 1.39. The summed E-state index contributed by atoms with van der Waals surface area (Å²) in [4.78, 5) is 0.